The molecule has 2 heterocycles. The molecule has 0 radical (unpaired) electrons. The summed E-state index contributed by atoms with van der Waals surface area (Å²) < 4.78 is 10.8. The van der Waals surface area contributed by atoms with Crippen LogP contribution in [0.25, 0.3) is 11.1 Å². The van der Waals surface area contributed by atoms with Gasteiger partial charge in [0.25, 0.3) is 10.7 Å². The fourth-order valence-corrected chi connectivity index (χ4v) is 3.20. The summed E-state index contributed by atoms with van der Waals surface area (Å²) in [6.45, 7) is 6.55. The van der Waals surface area contributed by atoms with E-state index in [9.17, 15) is 9.59 Å². The summed E-state index contributed by atoms with van der Waals surface area (Å²) in [4.78, 5) is 30.0. The van der Waals surface area contributed by atoms with Crippen LogP contribution in [0.1, 0.15) is 44.0 Å². The van der Waals surface area contributed by atoms with Gasteiger partial charge in [-0.05, 0) is 64.0 Å². The zero-order valence-electron chi connectivity index (χ0n) is 14.6. The first-order valence-corrected chi connectivity index (χ1v) is 8.79. The molecule has 25 heavy (non-hydrogen) atoms. The van der Waals surface area contributed by atoms with Crippen LogP contribution in [-0.4, -0.2) is 40.5 Å². The number of benzene rings is 1. The number of nitrogens with one attached hydrogen (secondary N) is 1. The summed E-state index contributed by atoms with van der Waals surface area (Å²) in [6, 6.07) is 5.20. The largest absolute Gasteiger partial charge is 0.460 e. The van der Waals surface area contributed by atoms with Gasteiger partial charge < -0.3 is 19.0 Å². The normalized spacial score (nSPS) is 18.4. The first-order chi connectivity index (χ1) is 11.7. The Hall–Kier alpha value is -2.15. The van der Waals surface area contributed by atoms with Crippen LogP contribution in [0.3, 0.4) is 0 Å². The number of likely N-dealkylation sites (tertiary alicyclic amines) is 1. The molecule has 0 bridgehead atoms. The van der Waals surface area contributed by atoms with Crippen molar-refractivity contribution in [1.82, 2.24) is 9.88 Å². The van der Waals surface area contributed by atoms with Gasteiger partial charge >= 0.3 is 5.97 Å². The Kier molecular flexibility index (Phi) is 4.69. The zero-order valence-corrected chi connectivity index (χ0v) is 15.4. The van der Waals surface area contributed by atoms with Crippen molar-refractivity contribution < 1.29 is 18.7 Å². The maximum Gasteiger partial charge on any atom is 0.311 e. The second kappa shape index (κ2) is 6.63. The van der Waals surface area contributed by atoms with Gasteiger partial charge in [-0.2, -0.15) is 0 Å². The average molecular weight is 362 g/mol. The van der Waals surface area contributed by atoms with Gasteiger partial charge in [-0.15, -0.1) is 0 Å². The van der Waals surface area contributed by atoms with Crippen molar-refractivity contribution in [3.63, 3.8) is 0 Å². The van der Waals surface area contributed by atoms with Gasteiger partial charge in [0.2, 0.25) is 0 Å². The molecule has 1 aromatic carbocycles. The molecule has 3 rings (SSSR count). The molecule has 1 amide bonds. The highest BCUT2D eigenvalue weighted by molar-refractivity contribution is 7.71. The van der Waals surface area contributed by atoms with Gasteiger partial charge in [-0.1, -0.05) is 0 Å². The number of carbonyl (C=O) groups excluding carboxylic acids is 2. The highest BCUT2D eigenvalue weighted by Crippen LogP contribution is 2.23. The predicted molar refractivity (Wildman–Crippen MR) is 95.9 cm³/mol. The second-order valence-corrected chi connectivity index (χ2v) is 7.72. The molecule has 2 aromatic rings. The third-order valence-corrected chi connectivity index (χ3v) is 4.30. The number of H-pyrrole nitrogens is 1. The summed E-state index contributed by atoms with van der Waals surface area (Å²) in [7, 11) is 0. The third kappa shape index (κ3) is 4.10. The van der Waals surface area contributed by atoms with Crippen molar-refractivity contribution in [3.05, 3.63) is 28.6 Å². The van der Waals surface area contributed by atoms with Crippen LogP contribution in [0, 0.1) is 10.8 Å². The number of aromatic nitrogens is 1. The minimum atomic E-state index is -0.522. The second-order valence-electron chi connectivity index (χ2n) is 7.35. The van der Waals surface area contributed by atoms with E-state index < -0.39 is 5.60 Å². The number of hydrogen-bond acceptors (Lipinski definition) is 5. The molecular weight excluding hydrogens is 340 g/mol. The standard InChI is InChI=1S/C18H22N2O4S/c1-18(2,3)24-16(22)12-5-4-8-20(10-12)15(21)11-6-7-13-14(9-11)23-17(25)19-13/h6-7,9,12H,4-5,8,10H2,1-3H3,(H,19,25). The smallest absolute Gasteiger partial charge is 0.311 e. The molecule has 1 saturated heterocycles. The highest BCUT2D eigenvalue weighted by Gasteiger charge is 2.32. The van der Waals surface area contributed by atoms with Crippen molar-refractivity contribution in [2.45, 2.75) is 39.2 Å². The molecule has 134 valence electrons. The Morgan fingerprint density at radius 3 is 2.84 bits per heavy atom. The van der Waals surface area contributed by atoms with Gasteiger partial charge in [0.1, 0.15) is 5.60 Å². The van der Waals surface area contributed by atoms with Gasteiger partial charge in [0, 0.05) is 18.7 Å². The maximum absolute atomic E-state index is 12.8. The minimum absolute atomic E-state index is 0.113. The molecule has 1 aliphatic heterocycles. The number of aromatic amines is 1. The molecule has 6 nitrogen and oxygen atoms in total. The number of rotatable bonds is 2. The van der Waals surface area contributed by atoms with E-state index in [1.807, 2.05) is 20.8 Å². The number of oxazole rings is 1. The molecule has 7 heteroatoms. The predicted octanol–water partition coefficient (Wildman–Crippen LogP) is 3.68. The molecule has 1 fully saturated rings. The summed E-state index contributed by atoms with van der Waals surface area (Å²) >= 11 is 4.97. The van der Waals surface area contributed by atoms with Crippen molar-refractivity contribution in [2.24, 2.45) is 5.92 Å². The molecule has 0 aliphatic carbocycles. The van der Waals surface area contributed by atoms with Crippen LogP contribution in [0.15, 0.2) is 22.6 Å². The number of carbonyl (C=O) groups is 2. The van der Waals surface area contributed by atoms with E-state index in [1.165, 1.54) is 0 Å². The number of esters is 1. The first-order valence-electron chi connectivity index (χ1n) is 8.38. The van der Waals surface area contributed by atoms with Gasteiger partial charge in [0.05, 0.1) is 11.4 Å². The van der Waals surface area contributed by atoms with Crippen molar-refractivity contribution in [1.29, 1.82) is 0 Å². The Morgan fingerprint density at radius 1 is 1.36 bits per heavy atom. The lowest BCUT2D eigenvalue weighted by atomic mass is 9.97. The lowest BCUT2D eigenvalue weighted by Crippen LogP contribution is -2.44. The van der Waals surface area contributed by atoms with Crippen LogP contribution < -0.4 is 0 Å². The van der Waals surface area contributed by atoms with Gasteiger partial charge in [-0.3, -0.25) is 9.59 Å². The van der Waals surface area contributed by atoms with E-state index in [0.29, 0.717) is 24.2 Å². The summed E-state index contributed by atoms with van der Waals surface area (Å²) in [5, 5.41) is 0. The number of amides is 1. The molecule has 0 spiro atoms. The van der Waals surface area contributed by atoms with E-state index in [0.717, 1.165) is 18.4 Å². The Balaban J connectivity index is 1.74. The van der Waals surface area contributed by atoms with E-state index in [4.69, 9.17) is 21.4 Å². The Labute approximate surface area is 151 Å². The Bertz CT molecular complexity index is 862. The average Bonchev–Trinajstić information content (AvgIpc) is 2.91. The number of hydrogen-bond donors (Lipinski definition) is 1. The number of nitrogens with zero attached hydrogens (tertiary/aromatic N) is 1. The quantitative estimate of drug-likeness (QED) is 0.651. The van der Waals surface area contributed by atoms with E-state index in [2.05, 4.69) is 4.98 Å². The number of fused-ring (bicyclic) bond motifs is 1. The summed E-state index contributed by atoms with van der Waals surface area (Å²) in [5.74, 6) is -0.633. The topological polar surface area (TPSA) is 75.5 Å². The van der Waals surface area contributed by atoms with Crippen LogP contribution in [-0.2, 0) is 9.53 Å². The molecule has 1 unspecified atom stereocenters. The number of ether oxygens (including phenoxy) is 1. The fourth-order valence-electron chi connectivity index (χ4n) is 3.00. The lowest BCUT2D eigenvalue weighted by Gasteiger charge is -2.33. The van der Waals surface area contributed by atoms with Crippen LogP contribution in [0.4, 0.5) is 0 Å². The van der Waals surface area contributed by atoms with Crippen LogP contribution in [0.5, 0.6) is 0 Å². The van der Waals surface area contributed by atoms with Crippen molar-refractivity contribution >= 4 is 35.2 Å². The van der Waals surface area contributed by atoms with Gasteiger partial charge in [0.15, 0.2) is 5.58 Å². The lowest BCUT2D eigenvalue weighted by molar-refractivity contribution is -0.161. The monoisotopic (exact) mass is 362 g/mol. The van der Waals surface area contributed by atoms with Gasteiger partial charge in [-0.25, -0.2) is 0 Å². The molecule has 1 aromatic heterocycles. The summed E-state index contributed by atoms with van der Waals surface area (Å²) in [6.07, 6.45) is 1.52. The van der Waals surface area contributed by atoms with E-state index >= 15 is 0 Å². The zero-order chi connectivity index (χ0) is 18.2. The van der Waals surface area contributed by atoms with Crippen LogP contribution >= 0.6 is 12.2 Å². The number of piperidine rings is 1. The van der Waals surface area contributed by atoms with Crippen molar-refractivity contribution in [3.8, 4) is 0 Å². The van der Waals surface area contributed by atoms with E-state index in [1.54, 1.807) is 23.1 Å². The minimum Gasteiger partial charge on any atom is -0.460 e. The molecule has 1 aliphatic rings. The SMILES string of the molecule is CC(C)(C)OC(=O)C1CCCN(C(=O)c2ccc3[nH]c(=S)oc3c2)C1. The highest BCUT2D eigenvalue weighted by atomic mass is 32.1. The summed E-state index contributed by atoms with van der Waals surface area (Å²) in [5.41, 5.74) is 1.31. The maximum atomic E-state index is 12.8. The third-order valence-electron chi connectivity index (χ3n) is 4.12. The Morgan fingerprint density at radius 2 is 2.12 bits per heavy atom. The molecule has 1 N–H and O–H groups in total. The molecule has 1 atom stereocenters. The fraction of sp³-hybridized carbons (Fsp3) is 0.500. The molecular formula is C18H22N2O4S. The first kappa shape index (κ1) is 17.7. The molecule has 0 saturated carbocycles. The van der Waals surface area contributed by atoms with Crippen molar-refractivity contribution in [2.75, 3.05) is 13.1 Å². The van der Waals surface area contributed by atoms with Crippen LogP contribution in [0.2, 0.25) is 0 Å². The van der Waals surface area contributed by atoms with E-state index in [-0.39, 0.29) is 22.6 Å².